The Morgan fingerprint density at radius 2 is 2.04 bits per heavy atom. The van der Waals surface area contributed by atoms with E-state index in [0.717, 1.165) is 17.8 Å². The number of nitrogens with zero attached hydrogens (tertiary/aromatic N) is 1. The molecule has 1 aromatic carbocycles. The van der Waals surface area contributed by atoms with Crippen molar-refractivity contribution in [2.24, 2.45) is 5.92 Å². The van der Waals surface area contributed by atoms with Crippen molar-refractivity contribution in [1.82, 2.24) is 15.6 Å². The second kappa shape index (κ2) is 7.11. The third kappa shape index (κ3) is 3.71. The van der Waals surface area contributed by atoms with Gasteiger partial charge in [-0.15, -0.1) is 0 Å². The number of aromatic nitrogens is 1. The highest BCUT2D eigenvalue weighted by atomic mass is 35.5. The molecule has 2 N–H and O–H groups in total. The van der Waals surface area contributed by atoms with Crippen LogP contribution in [0.4, 0.5) is 0 Å². The summed E-state index contributed by atoms with van der Waals surface area (Å²) in [6.07, 6.45) is 1.64. The number of benzene rings is 1. The van der Waals surface area contributed by atoms with Gasteiger partial charge in [0.25, 0.3) is 0 Å². The van der Waals surface area contributed by atoms with Crippen LogP contribution in [0.3, 0.4) is 0 Å². The summed E-state index contributed by atoms with van der Waals surface area (Å²) in [6, 6.07) is 13.7. The zero-order valence-electron chi connectivity index (χ0n) is 13.0. The molecule has 4 nitrogen and oxygen atoms in total. The second-order valence-electron chi connectivity index (χ2n) is 5.91. The lowest BCUT2D eigenvalue weighted by atomic mass is 9.91. The Morgan fingerprint density at radius 3 is 2.74 bits per heavy atom. The van der Waals surface area contributed by atoms with Crippen molar-refractivity contribution in [2.45, 2.75) is 18.9 Å². The molecule has 0 bridgehead atoms. The van der Waals surface area contributed by atoms with Crippen LogP contribution in [-0.4, -0.2) is 24.0 Å². The van der Waals surface area contributed by atoms with E-state index in [2.05, 4.69) is 15.6 Å². The molecule has 2 aromatic rings. The molecule has 0 saturated carbocycles. The first kappa shape index (κ1) is 16.0. The predicted octanol–water partition coefficient (Wildman–Crippen LogP) is 2.92. The third-order valence-corrected chi connectivity index (χ3v) is 4.56. The van der Waals surface area contributed by atoms with Gasteiger partial charge in [-0.05, 0) is 24.6 Å². The summed E-state index contributed by atoms with van der Waals surface area (Å²) in [5.41, 5.74) is 2.01. The molecular weight excluding hydrogens is 310 g/mol. The van der Waals surface area contributed by atoms with E-state index in [1.165, 1.54) is 0 Å². The molecule has 0 spiro atoms. The van der Waals surface area contributed by atoms with Crippen LogP contribution in [0.25, 0.3) is 0 Å². The maximum atomic E-state index is 12.7. The number of carbonyl (C=O) groups excluding carboxylic acids is 1. The van der Waals surface area contributed by atoms with Crippen LogP contribution in [-0.2, 0) is 4.79 Å². The fourth-order valence-electron chi connectivity index (χ4n) is 3.02. The maximum Gasteiger partial charge on any atom is 0.225 e. The summed E-state index contributed by atoms with van der Waals surface area (Å²) in [5.74, 6) is 0.0261. The number of pyridine rings is 1. The van der Waals surface area contributed by atoms with Gasteiger partial charge >= 0.3 is 0 Å². The van der Waals surface area contributed by atoms with Crippen molar-refractivity contribution in [2.75, 3.05) is 13.1 Å². The molecule has 1 aliphatic rings. The summed E-state index contributed by atoms with van der Waals surface area (Å²) in [7, 11) is 0. The summed E-state index contributed by atoms with van der Waals surface area (Å²) in [4.78, 5) is 17.1. The number of carbonyl (C=O) groups is 1. The van der Waals surface area contributed by atoms with Gasteiger partial charge in [0, 0.05) is 30.9 Å². The predicted molar refractivity (Wildman–Crippen MR) is 91.3 cm³/mol. The van der Waals surface area contributed by atoms with Crippen LogP contribution in [0, 0.1) is 5.92 Å². The summed E-state index contributed by atoms with van der Waals surface area (Å²) in [6.45, 7) is 3.43. The summed E-state index contributed by atoms with van der Waals surface area (Å²) in [5, 5.41) is 7.02. The van der Waals surface area contributed by atoms with Crippen LogP contribution >= 0.6 is 11.6 Å². The molecule has 3 rings (SSSR count). The largest absolute Gasteiger partial charge is 0.349 e. The highest BCUT2D eigenvalue weighted by Crippen LogP contribution is 2.28. The molecule has 120 valence electrons. The van der Waals surface area contributed by atoms with Crippen LogP contribution in [0.2, 0.25) is 5.02 Å². The van der Waals surface area contributed by atoms with Crippen molar-refractivity contribution >= 4 is 17.5 Å². The van der Waals surface area contributed by atoms with Crippen LogP contribution in [0.15, 0.2) is 48.7 Å². The molecule has 3 atom stereocenters. The lowest BCUT2D eigenvalue weighted by molar-refractivity contribution is -0.125. The van der Waals surface area contributed by atoms with Crippen molar-refractivity contribution < 1.29 is 4.79 Å². The Morgan fingerprint density at radius 1 is 1.26 bits per heavy atom. The number of nitrogens with one attached hydrogen (secondary N) is 2. The van der Waals surface area contributed by atoms with E-state index in [1.807, 2.05) is 49.4 Å². The van der Waals surface area contributed by atoms with Crippen LogP contribution in [0.1, 0.15) is 30.1 Å². The lowest BCUT2D eigenvalue weighted by Crippen LogP contribution is -2.36. The van der Waals surface area contributed by atoms with E-state index in [9.17, 15) is 4.79 Å². The molecule has 1 fully saturated rings. The third-order valence-electron chi connectivity index (χ3n) is 4.34. The number of halogens is 1. The number of amides is 1. The molecule has 23 heavy (non-hydrogen) atoms. The Hall–Kier alpha value is -1.91. The van der Waals surface area contributed by atoms with Gasteiger partial charge in [-0.3, -0.25) is 9.78 Å². The van der Waals surface area contributed by atoms with Gasteiger partial charge in [-0.25, -0.2) is 0 Å². The van der Waals surface area contributed by atoms with Crippen molar-refractivity contribution in [1.29, 1.82) is 0 Å². The van der Waals surface area contributed by atoms with E-state index in [-0.39, 0.29) is 23.8 Å². The zero-order valence-corrected chi connectivity index (χ0v) is 13.8. The van der Waals surface area contributed by atoms with Crippen molar-refractivity contribution in [3.05, 3.63) is 64.9 Å². The van der Waals surface area contributed by atoms with Gasteiger partial charge in [0.2, 0.25) is 5.91 Å². The number of hydrogen-bond donors (Lipinski definition) is 2. The fourth-order valence-corrected chi connectivity index (χ4v) is 3.13. The fraction of sp³-hybridized carbons (Fsp3) is 0.333. The molecular formula is C18H20ClN3O. The first-order chi connectivity index (χ1) is 11.1. The van der Waals surface area contributed by atoms with Gasteiger partial charge in [0.1, 0.15) is 0 Å². The average molecular weight is 330 g/mol. The zero-order chi connectivity index (χ0) is 16.2. The molecule has 1 saturated heterocycles. The minimum Gasteiger partial charge on any atom is -0.349 e. The van der Waals surface area contributed by atoms with E-state index in [4.69, 9.17) is 11.6 Å². The quantitative estimate of drug-likeness (QED) is 0.907. The topological polar surface area (TPSA) is 54.0 Å². The lowest BCUT2D eigenvalue weighted by Gasteiger charge is -2.21. The van der Waals surface area contributed by atoms with Crippen LogP contribution in [0.5, 0.6) is 0 Å². The Balaban J connectivity index is 1.69. The molecule has 1 aromatic heterocycles. The number of hydrogen-bond acceptors (Lipinski definition) is 3. The second-order valence-corrected chi connectivity index (χ2v) is 6.35. The highest BCUT2D eigenvalue weighted by Gasteiger charge is 2.35. The standard InChI is InChI=1S/C18H20ClN3O/c1-12(13-5-3-2-4-6-13)22-18(23)16-11-20-10-15(16)17-8-7-14(19)9-21-17/h2-9,12,15-16,20H,10-11H2,1H3,(H,22,23)/t12-,15+,16+/m0/s1. The molecule has 2 heterocycles. The van der Waals surface area contributed by atoms with Gasteiger partial charge in [0.05, 0.1) is 17.0 Å². The minimum atomic E-state index is -0.116. The van der Waals surface area contributed by atoms with E-state index in [1.54, 1.807) is 6.20 Å². The Labute approximate surface area is 141 Å². The molecule has 5 heteroatoms. The van der Waals surface area contributed by atoms with Gasteiger partial charge in [0.15, 0.2) is 0 Å². The Bertz CT molecular complexity index is 660. The van der Waals surface area contributed by atoms with Crippen molar-refractivity contribution in [3.8, 4) is 0 Å². The highest BCUT2D eigenvalue weighted by molar-refractivity contribution is 6.30. The molecule has 0 unspecified atom stereocenters. The summed E-state index contributed by atoms with van der Waals surface area (Å²) >= 11 is 5.90. The molecule has 1 aliphatic heterocycles. The first-order valence-corrected chi connectivity index (χ1v) is 8.20. The van der Waals surface area contributed by atoms with Gasteiger partial charge < -0.3 is 10.6 Å². The SMILES string of the molecule is C[C@H](NC(=O)[C@@H]1CNC[C@H]1c1ccc(Cl)cn1)c1ccccc1. The minimum absolute atomic E-state index is 0.0110. The van der Waals surface area contributed by atoms with Crippen LogP contribution < -0.4 is 10.6 Å². The van der Waals surface area contributed by atoms with Crippen molar-refractivity contribution in [3.63, 3.8) is 0 Å². The van der Waals surface area contributed by atoms with E-state index >= 15 is 0 Å². The Kier molecular flexibility index (Phi) is 4.94. The molecule has 0 aliphatic carbocycles. The molecule has 0 radical (unpaired) electrons. The first-order valence-electron chi connectivity index (χ1n) is 7.82. The van der Waals surface area contributed by atoms with Gasteiger partial charge in [-0.2, -0.15) is 0 Å². The smallest absolute Gasteiger partial charge is 0.225 e. The average Bonchev–Trinajstić information content (AvgIpc) is 3.06. The normalized spacial score (nSPS) is 21.8. The molecule has 1 amide bonds. The monoisotopic (exact) mass is 329 g/mol. The van der Waals surface area contributed by atoms with E-state index in [0.29, 0.717) is 11.6 Å². The summed E-state index contributed by atoms with van der Waals surface area (Å²) < 4.78 is 0. The van der Waals surface area contributed by atoms with E-state index < -0.39 is 0 Å². The maximum absolute atomic E-state index is 12.7. The number of rotatable bonds is 4. The van der Waals surface area contributed by atoms with Gasteiger partial charge in [-0.1, -0.05) is 41.9 Å².